The Balaban J connectivity index is 3.25. The number of carboxylic acid groups (broad SMARTS) is 1. The van der Waals surface area contributed by atoms with Gasteiger partial charge in [0.1, 0.15) is 0 Å². The molecule has 0 fully saturated rings. The van der Waals surface area contributed by atoms with Gasteiger partial charge in [-0.2, -0.15) is 0 Å². The molecule has 1 aromatic rings. The number of benzene rings is 1. The molecular weight excluding hydrogens is 196 g/mol. The van der Waals surface area contributed by atoms with Crippen molar-refractivity contribution in [1.29, 1.82) is 0 Å². The van der Waals surface area contributed by atoms with Crippen molar-refractivity contribution in [3.05, 3.63) is 35.9 Å². The van der Waals surface area contributed by atoms with Crippen LogP contribution in [0, 0.1) is 0 Å². The van der Waals surface area contributed by atoms with E-state index in [1.165, 1.54) is 24.3 Å². The third kappa shape index (κ3) is 2.37. The van der Waals surface area contributed by atoms with Crippen LogP contribution < -0.4 is 0 Å². The minimum Gasteiger partial charge on any atom is -0.504 e. The molecule has 0 radical (unpaired) electrons. The fourth-order valence-electron chi connectivity index (χ4n) is 1.13. The lowest BCUT2D eigenvalue weighted by Gasteiger charge is -2.05. The Morgan fingerprint density at radius 3 is 2.53 bits per heavy atom. The van der Waals surface area contributed by atoms with Crippen LogP contribution in [0.25, 0.3) is 12.2 Å². The second-order valence-electron chi connectivity index (χ2n) is 2.81. The Morgan fingerprint density at radius 1 is 1.33 bits per heavy atom. The number of phenolic OH excluding ortho intramolecular Hbond substituents is 2. The first-order valence-corrected chi connectivity index (χ1v) is 4.14. The van der Waals surface area contributed by atoms with Crippen molar-refractivity contribution in [3.8, 4) is 11.5 Å². The Kier molecular flexibility index (Phi) is 3.13. The lowest BCUT2D eigenvalue weighted by Crippen LogP contribution is -1.87. The van der Waals surface area contributed by atoms with Crippen molar-refractivity contribution in [3.63, 3.8) is 0 Å². The zero-order valence-corrected chi connectivity index (χ0v) is 7.84. The van der Waals surface area contributed by atoms with Gasteiger partial charge in [-0.3, -0.25) is 0 Å². The van der Waals surface area contributed by atoms with Gasteiger partial charge in [0.2, 0.25) is 0 Å². The topological polar surface area (TPSA) is 77.8 Å². The maximum atomic E-state index is 10.3. The molecule has 0 unspecified atom stereocenters. The largest absolute Gasteiger partial charge is 0.504 e. The maximum Gasteiger partial charge on any atom is 0.328 e. The molecule has 0 amide bonds. The first-order valence-electron chi connectivity index (χ1n) is 4.14. The van der Waals surface area contributed by atoms with Gasteiger partial charge in [-0.25, -0.2) is 4.79 Å². The highest BCUT2D eigenvalue weighted by Gasteiger charge is 2.07. The summed E-state index contributed by atoms with van der Waals surface area (Å²) in [6, 6.07) is 2.77. The van der Waals surface area contributed by atoms with Crippen LogP contribution in [0.15, 0.2) is 24.8 Å². The van der Waals surface area contributed by atoms with E-state index in [1.54, 1.807) is 0 Å². The van der Waals surface area contributed by atoms with Gasteiger partial charge in [0.05, 0.1) is 0 Å². The van der Waals surface area contributed by atoms with E-state index in [1.807, 2.05) is 0 Å². The second-order valence-corrected chi connectivity index (χ2v) is 2.81. The predicted octanol–water partition coefficient (Wildman–Crippen LogP) is 1.84. The maximum absolute atomic E-state index is 10.3. The van der Waals surface area contributed by atoms with E-state index in [9.17, 15) is 15.0 Å². The number of hydrogen-bond acceptors (Lipinski definition) is 3. The normalized spacial score (nSPS) is 10.4. The van der Waals surface area contributed by atoms with E-state index < -0.39 is 5.97 Å². The van der Waals surface area contributed by atoms with Crippen LogP contribution in [-0.4, -0.2) is 21.3 Å². The molecule has 0 aliphatic carbocycles. The number of aliphatic carboxylic acids is 1. The molecule has 0 atom stereocenters. The number of carbonyl (C=O) groups is 1. The highest BCUT2D eigenvalue weighted by atomic mass is 16.4. The second kappa shape index (κ2) is 4.32. The first-order chi connectivity index (χ1) is 7.06. The number of hydrogen-bond donors (Lipinski definition) is 3. The van der Waals surface area contributed by atoms with Crippen molar-refractivity contribution in [2.24, 2.45) is 0 Å². The van der Waals surface area contributed by atoms with Crippen LogP contribution in [0.3, 0.4) is 0 Å². The van der Waals surface area contributed by atoms with Gasteiger partial charge in [0.15, 0.2) is 11.5 Å². The van der Waals surface area contributed by atoms with Gasteiger partial charge in [-0.05, 0) is 17.7 Å². The summed E-state index contributed by atoms with van der Waals surface area (Å²) in [6.07, 6.45) is 3.61. The molecule has 0 bridgehead atoms. The predicted molar refractivity (Wildman–Crippen MR) is 56.5 cm³/mol. The zero-order valence-electron chi connectivity index (χ0n) is 7.84. The molecule has 1 rings (SSSR count). The number of aromatic hydroxyl groups is 2. The molecule has 0 saturated heterocycles. The van der Waals surface area contributed by atoms with E-state index >= 15 is 0 Å². The number of carboxylic acids is 1. The molecule has 1 aromatic carbocycles. The lowest BCUT2D eigenvalue weighted by atomic mass is 10.1. The third-order valence-electron chi connectivity index (χ3n) is 1.84. The molecule has 0 heterocycles. The highest BCUT2D eigenvalue weighted by molar-refractivity contribution is 5.87. The van der Waals surface area contributed by atoms with Gasteiger partial charge in [-0.1, -0.05) is 18.7 Å². The molecule has 15 heavy (non-hydrogen) atoms. The van der Waals surface area contributed by atoms with Crippen molar-refractivity contribution in [2.75, 3.05) is 0 Å². The molecule has 0 spiro atoms. The van der Waals surface area contributed by atoms with E-state index in [4.69, 9.17) is 5.11 Å². The lowest BCUT2D eigenvalue weighted by molar-refractivity contribution is -0.131. The summed E-state index contributed by atoms with van der Waals surface area (Å²) in [6.45, 7) is 3.47. The first kappa shape index (κ1) is 10.8. The Bertz CT molecular complexity index is 432. The van der Waals surface area contributed by atoms with E-state index in [-0.39, 0.29) is 11.5 Å². The molecular formula is C11H10O4. The smallest absolute Gasteiger partial charge is 0.328 e. The van der Waals surface area contributed by atoms with Gasteiger partial charge >= 0.3 is 5.97 Å². The Labute approximate surface area is 86.4 Å². The average molecular weight is 206 g/mol. The minimum absolute atomic E-state index is 0.266. The Hall–Kier alpha value is -2.23. The zero-order chi connectivity index (χ0) is 11.4. The van der Waals surface area contributed by atoms with Crippen molar-refractivity contribution in [2.45, 2.75) is 0 Å². The van der Waals surface area contributed by atoms with Crippen molar-refractivity contribution < 1.29 is 20.1 Å². The van der Waals surface area contributed by atoms with Gasteiger partial charge < -0.3 is 15.3 Å². The molecule has 0 aliphatic rings. The highest BCUT2D eigenvalue weighted by Crippen LogP contribution is 2.32. The van der Waals surface area contributed by atoms with Crippen LogP contribution >= 0.6 is 0 Å². The van der Waals surface area contributed by atoms with Crippen molar-refractivity contribution >= 4 is 18.1 Å². The van der Waals surface area contributed by atoms with E-state index in [0.717, 1.165) is 6.08 Å². The fourth-order valence-corrected chi connectivity index (χ4v) is 1.13. The molecule has 0 saturated carbocycles. The van der Waals surface area contributed by atoms with Crippen LogP contribution in [0.5, 0.6) is 11.5 Å². The molecule has 4 nitrogen and oxygen atoms in total. The van der Waals surface area contributed by atoms with Crippen LogP contribution in [-0.2, 0) is 4.79 Å². The van der Waals surface area contributed by atoms with E-state index in [2.05, 4.69) is 6.58 Å². The average Bonchev–Trinajstić information content (AvgIpc) is 2.19. The number of phenols is 2. The molecule has 4 heteroatoms. The van der Waals surface area contributed by atoms with Gasteiger partial charge in [0, 0.05) is 11.6 Å². The summed E-state index contributed by atoms with van der Waals surface area (Å²) >= 11 is 0. The summed E-state index contributed by atoms with van der Waals surface area (Å²) in [7, 11) is 0. The van der Waals surface area contributed by atoms with Crippen LogP contribution in [0.2, 0.25) is 0 Å². The summed E-state index contributed by atoms with van der Waals surface area (Å²) in [5.41, 5.74) is 0.773. The Morgan fingerprint density at radius 2 is 2.00 bits per heavy atom. The fraction of sp³-hybridized carbons (Fsp3) is 0. The summed E-state index contributed by atoms with van der Waals surface area (Å²) in [5.74, 6) is -1.66. The summed E-state index contributed by atoms with van der Waals surface area (Å²) in [5, 5.41) is 27.1. The molecule has 0 aromatic heterocycles. The SMILES string of the molecule is C=Cc1c(/C=C/C(=O)O)ccc(O)c1O. The van der Waals surface area contributed by atoms with E-state index in [0.29, 0.717) is 11.1 Å². The van der Waals surface area contributed by atoms with Crippen molar-refractivity contribution in [1.82, 2.24) is 0 Å². The monoisotopic (exact) mass is 206 g/mol. The standard InChI is InChI=1S/C11H10O4/c1-2-8-7(4-6-10(13)14)3-5-9(12)11(8)15/h2-6,12,15H,1H2,(H,13,14)/b6-4+. The third-order valence-corrected chi connectivity index (χ3v) is 1.84. The molecule has 0 aliphatic heterocycles. The van der Waals surface area contributed by atoms with Crippen LogP contribution in [0.1, 0.15) is 11.1 Å². The van der Waals surface area contributed by atoms with Gasteiger partial charge in [0.25, 0.3) is 0 Å². The summed E-state index contributed by atoms with van der Waals surface area (Å²) < 4.78 is 0. The van der Waals surface area contributed by atoms with Gasteiger partial charge in [-0.15, -0.1) is 0 Å². The van der Waals surface area contributed by atoms with Crippen LogP contribution in [0.4, 0.5) is 0 Å². The summed E-state index contributed by atoms with van der Waals surface area (Å²) in [4.78, 5) is 10.3. The number of rotatable bonds is 3. The quantitative estimate of drug-likeness (QED) is 0.521. The minimum atomic E-state index is -1.09. The molecule has 78 valence electrons. The molecule has 3 N–H and O–H groups in total.